The average Bonchev–Trinajstić information content (AvgIpc) is 3.07. The van der Waals surface area contributed by atoms with Gasteiger partial charge in [-0.1, -0.05) is 32.4 Å². The molecular formula is C22H28ClN3O3. The van der Waals surface area contributed by atoms with Gasteiger partial charge in [0.25, 0.3) is 0 Å². The molecule has 2 aliphatic rings. The first kappa shape index (κ1) is 20.2. The molecule has 0 unspecified atom stereocenters. The lowest BCUT2D eigenvalue weighted by atomic mass is 9.65. The van der Waals surface area contributed by atoms with E-state index in [1.54, 1.807) is 18.2 Å². The van der Waals surface area contributed by atoms with Gasteiger partial charge >= 0.3 is 5.97 Å². The third kappa shape index (κ3) is 3.88. The Morgan fingerprint density at radius 3 is 2.79 bits per heavy atom. The molecule has 1 aliphatic heterocycles. The van der Waals surface area contributed by atoms with Crippen molar-refractivity contribution in [2.24, 2.45) is 10.8 Å². The molecule has 2 N–H and O–H groups in total. The van der Waals surface area contributed by atoms with Crippen molar-refractivity contribution in [1.29, 1.82) is 0 Å². The van der Waals surface area contributed by atoms with Crippen LogP contribution in [-0.2, 0) is 9.53 Å². The Hall–Kier alpha value is -2.05. The maximum atomic E-state index is 13.0. The predicted molar refractivity (Wildman–Crippen MR) is 114 cm³/mol. The number of halogens is 1. The zero-order valence-corrected chi connectivity index (χ0v) is 18.2. The summed E-state index contributed by atoms with van der Waals surface area (Å²) >= 11 is 6.14. The quantitative estimate of drug-likeness (QED) is 0.721. The van der Waals surface area contributed by atoms with Crippen LogP contribution in [0.4, 0.5) is 5.69 Å². The van der Waals surface area contributed by atoms with Crippen molar-refractivity contribution in [2.45, 2.75) is 46.1 Å². The summed E-state index contributed by atoms with van der Waals surface area (Å²) in [5.41, 5.74) is 1.93. The van der Waals surface area contributed by atoms with Crippen LogP contribution in [0, 0.1) is 10.8 Å². The van der Waals surface area contributed by atoms with E-state index in [1.807, 2.05) is 0 Å². The Balaban J connectivity index is 1.57. The topological polar surface area (TPSA) is 74.4 Å². The maximum absolute atomic E-state index is 13.0. The molecule has 2 fully saturated rings. The van der Waals surface area contributed by atoms with Gasteiger partial charge in [0.05, 0.1) is 19.3 Å². The number of aromatic nitrogens is 1. The number of amides is 1. The van der Waals surface area contributed by atoms with Crippen molar-refractivity contribution < 1.29 is 14.3 Å². The summed E-state index contributed by atoms with van der Waals surface area (Å²) in [4.78, 5) is 30.5. The number of hydrogen-bond acceptors (Lipinski definition) is 4. The molecule has 1 saturated heterocycles. The fourth-order valence-electron chi connectivity index (χ4n) is 5.67. The van der Waals surface area contributed by atoms with E-state index < -0.39 is 5.97 Å². The Morgan fingerprint density at radius 2 is 2.07 bits per heavy atom. The number of benzene rings is 1. The Morgan fingerprint density at radius 1 is 1.31 bits per heavy atom. The summed E-state index contributed by atoms with van der Waals surface area (Å²) in [6.45, 7) is 8.21. The minimum atomic E-state index is -0.529. The van der Waals surface area contributed by atoms with Crippen molar-refractivity contribution in [2.75, 3.05) is 25.5 Å². The molecule has 2 bridgehead atoms. The summed E-state index contributed by atoms with van der Waals surface area (Å²) in [5, 5.41) is 4.17. The van der Waals surface area contributed by atoms with E-state index in [9.17, 15) is 9.59 Å². The molecule has 156 valence electrons. The summed E-state index contributed by atoms with van der Waals surface area (Å²) in [5.74, 6) is -0.663. The molecule has 2 atom stereocenters. The molecule has 1 amide bonds. The minimum Gasteiger partial charge on any atom is -0.464 e. The van der Waals surface area contributed by atoms with Gasteiger partial charge < -0.3 is 15.0 Å². The third-order valence-corrected chi connectivity index (χ3v) is 6.52. The molecule has 0 radical (unpaired) electrons. The lowest BCUT2D eigenvalue weighted by Gasteiger charge is -2.39. The fourth-order valence-corrected chi connectivity index (χ4v) is 5.85. The molecule has 0 spiro atoms. The van der Waals surface area contributed by atoms with Gasteiger partial charge in [-0.05, 0) is 48.3 Å². The highest BCUT2D eigenvalue weighted by Crippen LogP contribution is 2.52. The molecule has 1 aromatic heterocycles. The van der Waals surface area contributed by atoms with Crippen LogP contribution in [0.1, 0.15) is 50.5 Å². The molecule has 2 heterocycles. The molecule has 6 nitrogen and oxygen atoms in total. The van der Waals surface area contributed by atoms with Gasteiger partial charge in [0.2, 0.25) is 5.91 Å². The van der Waals surface area contributed by atoms with Gasteiger partial charge in [-0.3, -0.25) is 9.69 Å². The second kappa shape index (κ2) is 7.03. The highest BCUT2D eigenvalue weighted by Gasteiger charge is 2.49. The van der Waals surface area contributed by atoms with E-state index in [0.717, 1.165) is 24.9 Å². The molecular weight excluding hydrogens is 390 g/mol. The van der Waals surface area contributed by atoms with Crippen LogP contribution in [0.25, 0.3) is 10.9 Å². The SMILES string of the molecule is COC(=O)c1[nH]c2ccc(Cl)cc2c1NC(=O)CN1C[C@@]2(C)C[C@@H]1CC(C)(C)C2. The van der Waals surface area contributed by atoms with E-state index in [-0.39, 0.29) is 17.0 Å². The van der Waals surface area contributed by atoms with Crippen LogP contribution in [0.15, 0.2) is 18.2 Å². The number of H-pyrrole nitrogens is 1. The van der Waals surface area contributed by atoms with Gasteiger partial charge in [-0.2, -0.15) is 0 Å². The number of anilines is 1. The monoisotopic (exact) mass is 417 g/mol. The van der Waals surface area contributed by atoms with E-state index in [4.69, 9.17) is 16.3 Å². The van der Waals surface area contributed by atoms with Crippen LogP contribution < -0.4 is 5.32 Å². The number of carbonyl (C=O) groups excluding carboxylic acids is 2. The van der Waals surface area contributed by atoms with Gasteiger partial charge in [-0.25, -0.2) is 4.79 Å². The molecule has 4 rings (SSSR count). The predicted octanol–water partition coefficient (Wildman–Crippen LogP) is 4.45. The lowest BCUT2D eigenvalue weighted by Crippen LogP contribution is -2.38. The first-order valence-electron chi connectivity index (χ1n) is 10.0. The van der Waals surface area contributed by atoms with Crippen LogP contribution in [0.5, 0.6) is 0 Å². The first-order valence-corrected chi connectivity index (χ1v) is 10.4. The summed E-state index contributed by atoms with van der Waals surface area (Å²) < 4.78 is 4.88. The molecule has 1 aromatic carbocycles. The number of esters is 1. The van der Waals surface area contributed by atoms with Crippen molar-refractivity contribution in [3.05, 3.63) is 28.9 Å². The number of rotatable bonds is 4. The Labute approximate surface area is 175 Å². The number of carbonyl (C=O) groups is 2. The average molecular weight is 418 g/mol. The summed E-state index contributed by atoms with van der Waals surface area (Å²) in [7, 11) is 1.32. The second-order valence-corrected chi connectivity index (χ2v) is 10.2. The molecule has 2 aromatic rings. The Kier molecular flexibility index (Phi) is 4.90. The number of hydrogen-bond donors (Lipinski definition) is 2. The fraction of sp³-hybridized carbons (Fsp3) is 0.545. The summed E-state index contributed by atoms with van der Waals surface area (Å²) in [6, 6.07) is 5.68. The highest BCUT2D eigenvalue weighted by molar-refractivity contribution is 6.31. The molecule has 1 aliphatic carbocycles. The minimum absolute atomic E-state index is 0.134. The number of methoxy groups -OCH3 is 1. The van der Waals surface area contributed by atoms with Gasteiger partial charge in [0, 0.05) is 28.5 Å². The number of nitrogens with one attached hydrogen (secondary N) is 2. The highest BCUT2D eigenvalue weighted by atomic mass is 35.5. The third-order valence-electron chi connectivity index (χ3n) is 6.28. The van der Waals surface area contributed by atoms with E-state index in [0.29, 0.717) is 34.1 Å². The van der Waals surface area contributed by atoms with Crippen molar-refractivity contribution in [1.82, 2.24) is 9.88 Å². The largest absolute Gasteiger partial charge is 0.464 e. The van der Waals surface area contributed by atoms with Crippen molar-refractivity contribution in [3.63, 3.8) is 0 Å². The van der Waals surface area contributed by atoms with E-state index >= 15 is 0 Å². The zero-order valence-electron chi connectivity index (χ0n) is 17.4. The standard InChI is InChI=1S/C22H28ClN3O3/c1-21(2)8-14-9-22(3,11-21)12-26(14)10-17(27)25-18-15-7-13(23)5-6-16(15)24-19(18)20(28)29-4/h5-7,14,24H,8-12H2,1-4H3,(H,25,27)/t14-,22-/m0/s1. The smallest absolute Gasteiger partial charge is 0.356 e. The maximum Gasteiger partial charge on any atom is 0.356 e. The van der Waals surface area contributed by atoms with Gasteiger partial charge in [-0.15, -0.1) is 0 Å². The number of nitrogens with zero attached hydrogens (tertiary/aromatic N) is 1. The zero-order chi connectivity index (χ0) is 21.0. The molecule has 1 saturated carbocycles. The molecule has 29 heavy (non-hydrogen) atoms. The van der Waals surface area contributed by atoms with Gasteiger partial charge in [0.1, 0.15) is 5.69 Å². The van der Waals surface area contributed by atoms with E-state index in [1.165, 1.54) is 13.5 Å². The number of fused-ring (bicyclic) bond motifs is 3. The Bertz CT molecular complexity index is 983. The normalized spacial score (nSPS) is 25.9. The van der Waals surface area contributed by atoms with Crippen LogP contribution >= 0.6 is 11.6 Å². The summed E-state index contributed by atoms with van der Waals surface area (Å²) in [6.07, 6.45) is 3.42. The van der Waals surface area contributed by atoms with Crippen molar-refractivity contribution >= 4 is 40.1 Å². The first-order chi connectivity index (χ1) is 13.6. The van der Waals surface area contributed by atoms with Crippen LogP contribution in [0.2, 0.25) is 5.02 Å². The van der Waals surface area contributed by atoms with Crippen LogP contribution in [0.3, 0.4) is 0 Å². The number of likely N-dealkylation sites (tertiary alicyclic amines) is 1. The van der Waals surface area contributed by atoms with Crippen molar-refractivity contribution in [3.8, 4) is 0 Å². The lowest BCUT2D eigenvalue weighted by molar-refractivity contribution is -0.117. The second-order valence-electron chi connectivity index (χ2n) is 9.72. The van der Waals surface area contributed by atoms with Crippen LogP contribution in [-0.4, -0.2) is 48.0 Å². The number of aromatic amines is 1. The van der Waals surface area contributed by atoms with Gasteiger partial charge in [0.15, 0.2) is 0 Å². The van der Waals surface area contributed by atoms with E-state index in [2.05, 4.69) is 36.0 Å². The molecule has 7 heteroatoms. The number of ether oxygens (including phenoxy) is 1.